The smallest absolute Gasteiger partial charge is 0.152 e. The second-order valence-electron chi connectivity index (χ2n) is 5.58. The number of fused-ring (bicyclic) bond motifs is 1. The molecule has 2 aromatic rings. The van der Waals surface area contributed by atoms with Crippen molar-refractivity contribution in [3.8, 4) is 0 Å². The standard InChI is InChI=1S/C15H17ClN2O2S/c1-21(19,20)14-6-2-5-12(14)18-13-9-11(16)8-10-4-3-7-17-15(10)13/h3-4,7-9,12,14,18H,2,5-6H2,1H3. The molecule has 4 nitrogen and oxygen atoms in total. The lowest BCUT2D eigenvalue weighted by Gasteiger charge is -2.21. The first kappa shape index (κ1) is 14.6. The third kappa shape index (κ3) is 2.99. The van der Waals surface area contributed by atoms with E-state index in [9.17, 15) is 8.42 Å². The van der Waals surface area contributed by atoms with Gasteiger partial charge >= 0.3 is 0 Å². The fraction of sp³-hybridized carbons (Fsp3) is 0.400. The van der Waals surface area contributed by atoms with E-state index in [1.54, 1.807) is 6.20 Å². The van der Waals surface area contributed by atoms with Gasteiger partial charge in [-0.05, 0) is 37.5 Å². The zero-order valence-electron chi connectivity index (χ0n) is 11.7. The minimum absolute atomic E-state index is 0.0799. The monoisotopic (exact) mass is 324 g/mol. The van der Waals surface area contributed by atoms with Crippen molar-refractivity contribution < 1.29 is 8.42 Å². The van der Waals surface area contributed by atoms with Crippen LogP contribution in [0.5, 0.6) is 0 Å². The number of sulfone groups is 1. The Hall–Kier alpha value is -1.33. The molecule has 1 aliphatic rings. The van der Waals surface area contributed by atoms with Crippen LogP contribution in [0.15, 0.2) is 30.5 Å². The topological polar surface area (TPSA) is 59.1 Å². The highest BCUT2D eigenvalue weighted by Crippen LogP contribution is 2.32. The van der Waals surface area contributed by atoms with E-state index in [0.29, 0.717) is 11.4 Å². The van der Waals surface area contributed by atoms with Gasteiger partial charge in [0.25, 0.3) is 0 Å². The van der Waals surface area contributed by atoms with E-state index in [-0.39, 0.29) is 11.3 Å². The van der Waals surface area contributed by atoms with Crippen LogP contribution in [0.1, 0.15) is 19.3 Å². The van der Waals surface area contributed by atoms with Crippen LogP contribution in [0.25, 0.3) is 10.9 Å². The van der Waals surface area contributed by atoms with Gasteiger partial charge in [0, 0.05) is 28.9 Å². The van der Waals surface area contributed by atoms with Crippen LogP contribution in [-0.4, -0.2) is 30.9 Å². The van der Waals surface area contributed by atoms with E-state index in [1.165, 1.54) is 6.26 Å². The molecule has 1 aromatic carbocycles. The van der Waals surface area contributed by atoms with Gasteiger partial charge in [-0.25, -0.2) is 8.42 Å². The molecule has 0 bridgehead atoms. The van der Waals surface area contributed by atoms with Gasteiger partial charge in [0.1, 0.15) is 0 Å². The number of benzene rings is 1. The Bertz CT molecular complexity index is 776. The first-order valence-corrected chi connectivity index (χ1v) is 9.28. The van der Waals surface area contributed by atoms with Crippen molar-refractivity contribution in [3.05, 3.63) is 35.5 Å². The molecule has 1 aromatic heterocycles. The average Bonchev–Trinajstić information content (AvgIpc) is 2.86. The third-order valence-electron chi connectivity index (χ3n) is 4.01. The first-order chi connectivity index (χ1) is 9.95. The van der Waals surface area contributed by atoms with Gasteiger partial charge in [-0.1, -0.05) is 17.7 Å². The molecule has 2 unspecified atom stereocenters. The van der Waals surface area contributed by atoms with Crippen LogP contribution < -0.4 is 5.32 Å². The van der Waals surface area contributed by atoms with Crippen molar-refractivity contribution in [1.82, 2.24) is 4.98 Å². The van der Waals surface area contributed by atoms with E-state index in [2.05, 4.69) is 10.3 Å². The minimum Gasteiger partial charge on any atom is -0.379 e. The zero-order valence-corrected chi connectivity index (χ0v) is 13.3. The van der Waals surface area contributed by atoms with Gasteiger partial charge in [-0.2, -0.15) is 0 Å². The largest absolute Gasteiger partial charge is 0.379 e. The van der Waals surface area contributed by atoms with Gasteiger partial charge in [-0.3, -0.25) is 4.98 Å². The predicted molar refractivity (Wildman–Crippen MR) is 86.6 cm³/mol. The van der Waals surface area contributed by atoms with Crippen LogP contribution in [0, 0.1) is 0 Å². The molecule has 0 radical (unpaired) electrons. The summed E-state index contributed by atoms with van der Waals surface area (Å²) in [5.74, 6) is 0. The number of rotatable bonds is 3. The van der Waals surface area contributed by atoms with Crippen LogP contribution in [0.3, 0.4) is 0 Å². The summed E-state index contributed by atoms with van der Waals surface area (Å²) in [6, 6.07) is 7.40. The Balaban J connectivity index is 1.98. The van der Waals surface area contributed by atoms with E-state index < -0.39 is 9.84 Å². The van der Waals surface area contributed by atoms with Crippen molar-refractivity contribution >= 4 is 38.0 Å². The molecule has 0 saturated heterocycles. The molecule has 1 saturated carbocycles. The van der Waals surface area contributed by atoms with E-state index >= 15 is 0 Å². The maximum Gasteiger partial charge on any atom is 0.152 e. The number of anilines is 1. The summed E-state index contributed by atoms with van der Waals surface area (Å²) in [4.78, 5) is 4.38. The Labute approximate surface area is 129 Å². The van der Waals surface area contributed by atoms with Gasteiger partial charge in [0.2, 0.25) is 0 Å². The molecule has 6 heteroatoms. The zero-order chi connectivity index (χ0) is 15.0. The summed E-state index contributed by atoms with van der Waals surface area (Å²) in [7, 11) is -3.05. The fourth-order valence-electron chi connectivity index (χ4n) is 3.07. The molecule has 21 heavy (non-hydrogen) atoms. The van der Waals surface area contributed by atoms with Crippen LogP contribution in [-0.2, 0) is 9.84 Å². The molecule has 1 heterocycles. The van der Waals surface area contributed by atoms with Crippen LogP contribution >= 0.6 is 11.6 Å². The highest BCUT2D eigenvalue weighted by Gasteiger charge is 2.34. The van der Waals surface area contributed by atoms with Crippen LogP contribution in [0.2, 0.25) is 5.02 Å². The van der Waals surface area contributed by atoms with Gasteiger partial charge in [0.15, 0.2) is 9.84 Å². The maximum absolute atomic E-state index is 11.9. The molecular weight excluding hydrogens is 308 g/mol. The van der Waals surface area contributed by atoms with Gasteiger partial charge < -0.3 is 5.32 Å². The SMILES string of the molecule is CS(=O)(=O)C1CCCC1Nc1cc(Cl)cc2cccnc12. The molecule has 1 N–H and O–H groups in total. The van der Waals surface area contributed by atoms with Gasteiger partial charge in [0.05, 0.1) is 16.5 Å². The third-order valence-corrected chi connectivity index (χ3v) is 5.90. The number of aromatic nitrogens is 1. The molecule has 3 rings (SSSR count). The predicted octanol–water partition coefficient (Wildman–Crippen LogP) is 3.27. The first-order valence-electron chi connectivity index (χ1n) is 6.95. The Morgan fingerprint density at radius 2 is 2.14 bits per heavy atom. The summed E-state index contributed by atoms with van der Waals surface area (Å²) < 4.78 is 23.8. The molecule has 1 fully saturated rings. The highest BCUT2D eigenvalue weighted by atomic mass is 35.5. The number of nitrogens with one attached hydrogen (secondary N) is 1. The van der Waals surface area contributed by atoms with Crippen molar-refractivity contribution in [3.63, 3.8) is 0 Å². The van der Waals surface area contributed by atoms with Crippen molar-refractivity contribution in [2.75, 3.05) is 11.6 Å². The molecular formula is C15H17ClN2O2S. The van der Waals surface area contributed by atoms with Gasteiger partial charge in [-0.15, -0.1) is 0 Å². The highest BCUT2D eigenvalue weighted by molar-refractivity contribution is 7.91. The second kappa shape index (κ2) is 5.46. The lowest BCUT2D eigenvalue weighted by molar-refractivity contribution is 0.579. The second-order valence-corrected chi connectivity index (χ2v) is 8.28. The summed E-state index contributed by atoms with van der Waals surface area (Å²) in [5.41, 5.74) is 1.62. The lowest BCUT2D eigenvalue weighted by Crippen LogP contribution is -2.34. The molecule has 0 amide bonds. The Morgan fingerprint density at radius 1 is 1.33 bits per heavy atom. The summed E-state index contributed by atoms with van der Waals surface area (Å²) >= 11 is 6.15. The summed E-state index contributed by atoms with van der Waals surface area (Å²) in [6.07, 6.45) is 5.51. The average molecular weight is 325 g/mol. The molecule has 112 valence electrons. The summed E-state index contributed by atoms with van der Waals surface area (Å²) in [6.45, 7) is 0. The van der Waals surface area contributed by atoms with E-state index in [1.807, 2.05) is 24.3 Å². The molecule has 0 spiro atoms. The normalized spacial score (nSPS) is 22.6. The maximum atomic E-state index is 11.9. The molecule has 2 atom stereocenters. The quantitative estimate of drug-likeness (QED) is 0.941. The summed E-state index contributed by atoms with van der Waals surface area (Å²) in [5, 5.41) is 4.58. The number of pyridine rings is 1. The Kier molecular flexibility index (Phi) is 3.80. The van der Waals surface area contributed by atoms with E-state index in [4.69, 9.17) is 11.6 Å². The van der Waals surface area contributed by atoms with E-state index in [0.717, 1.165) is 29.4 Å². The number of halogens is 1. The molecule has 0 aliphatic heterocycles. The fourth-order valence-corrected chi connectivity index (χ4v) is 4.69. The number of nitrogens with zero attached hydrogens (tertiary/aromatic N) is 1. The van der Waals surface area contributed by atoms with Crippen LogP contribution in [0.4, 0.5) is 5.69 Å². The number of hydrogen-bond donors (Lipinski definition) is 1. The number of hydrogen-bond acceptors (Lipinski definition) is 4. The molecule has 1 aliphatic carbocycles. The lowest BCUT2D eigenvalue weighted by atomic mass is 10.1. The van der Waals surface area contributed by atoms with Crippen molar-refractivity contribution in [1.29, 1.82) is 0 Å². The van der Waals surface area contributed by atoms with Crippen molar-refractivity contribution in [2.45, 2.75) is 30.6 Å². The van der Waals surface area contributed by atoms with Crippen molar-refractivity contribution in [2.24, 2.45) is 0 Å². The Morgan fingerprint density at radius 3 is 2.90 bits per heavy atom. The minimum atomic E-state index is -3.05.